The molecule has 0 saturated carbocycles. The molecule has 5 rings (SSSR count). The van der Waals surface area contributed by atoms with E-state index in [-0.39, 0.29) is 11.5 Å². The maximum atomic E-state index is 14.3. The van der Waals surface area contributed by atoms with Crippen LogP contribution in [0.3, 0.4) is 0 Å². The lowest BCUT2D eigenvalue weighted by molar-refractivity contribution is 0.0930. The van der Waals surface area contributed by atoms with E-state index in [2.05, 4.69) is 30.7 Å². The summed E-state index contributed by atoms with van der Waals surface area (Å²) in [5.74, 6) is -0.667. The van der Waals surface area contributed by atoms with Crippen molar-refractivity contribution in [1.82, 2.24) is 30.3 Å². The second-order valence-electron chi connectivity index (χ2n) is 9.04. The number of nitrogens with one attached hydrogen (secondary N) is 2. The number of anilines is 2. The molecule has 2 amide bonds. The highest BCUT2D eigenvalue weighted by molar-refractivity contribution is 6.30. The van der Waals surface area contributed by atoms with Crippen molar-refractivity contribution < 1.29 is 19.1 Å². The van der Waals surface area contributed by atoms with Crippen LogP contribution in [0.2, 0.25) is 5.02 Å². The van der Waals surface area contributed by atoms with Crippen molar-refractivity contribution in [3.63, 3.8) is 0 Å². The van der Waals surface area contributed by atoms with Crippen LogP contribution in [0.25, 0.3) is 22.2 Å². The van der Waals surface area contributed by atoms with Crippen LogP contribution in [0.1, 0.15) is 10.4 Å². The number of carbonyl (C=O) groups is 2. The lowest BCUT2D eigenvalue weighted by Gasteiger charge is -2.32. The Hall–Kier alpha value is -4.35. The molecule has 1 saturated heterocycles. The first kappa shape index (κ1) is 26.3. The van der Waals surface area contributed by atoms with Gasteiger partial charge in [-0.3, -0.25) is 14.7 Å². The molecule has 0 aliphatic carbocycles. The number of nitrogens with zero attached hydrogens (tertiary/aromatic N) is 5. The average molecular weight is 550 g/mol. The molecular weight excluding hydrogens is 525 g/mol. The van der Waals surface area contributed by atoms with Gasteiger partial charge in [-0.1, -0.05) is 11.6 Å². The fraction of sp³-hybridized carbons (Fsp3) is 0.222. The molecule has 1 fully saturated rings. The van der Waals surface area contributed by atoms with Crippen LogP contribution in [0.5, 0.6) is 0 Å². The van der Waals surface area contributed by atoms with E-state index in [4.69, 9.17) is 16.7 Å². The van der Waals surface area contributed by atoms with Gasteiger partial charge in [0.15, 0.2) is 0 Å². The molecule has 4 aromatic rings. The van der Waals surface area contributed by atoms with Crippen LogP contribution in [0, 0.1) is 5.82 Å². The molecule has 12 heteroatoms. The van der Waals surface area contributed by atoms with Gasteiger partial charge in [0.2, 0.25) is 0 Å². The monoisotopic (exact) mass is 549 g/mol. The maximum absolute atomic E-state index is 14.3. The Morgan fingerprint density at radius 3 is 2.67 bits per heavy atom. The van der Waals surface area contributed by atoms with Crippen molar-refractivity contribution in [3.05, 3.63) is 77.3 Å². The third-order valence-corrected chi connectivity index (χ3v) is 6.73. The van der Waals surface area contributed by atoms with Crippen LogP contribution in [0.15, 0.2) is 60.9 Å². The quantitative estimate of drug-likeness (QED) is 0.312. The highest BCUT2D eigenvalue weighted by Crippen LogP contribution is 2.29. The summed E-state index contributed by atoms with van der Waals surface area (Å²) >= 11 is 6.03. The van der Waals surface area contributed by atoms with Crippen LogP contribution in [-0.4, -0.2) is 81.4 Å². The molecule has 1 aliphatic heterocycles. The summed E-state index contributed by atoms with van der Waals surface area (Å²) in [4.78, 5) is 31.7. The molecule has 1 aliphatic rings. The fourth-order valence-electron chi connectivity index (χ4n) is 4.41. The van der Waals surface area contributed by atoms with Gasteiger partial charge in [0.05, 0.1) is 23.1 Å². The molecule has 0 radical (unpaired) electrons. The highest BCUT2D eigenvalue weighted by Gasteiger charge is 2.20. The number of hydrogen-bond acceptors (Lipinski definition) is 7. The minimum absolute atomic E-state index is 0.215. The highest BCUT2D eigenvalue weighted by atomic mass is 35.5. The molecule has 10 nitrogen and oxygen atoms in total. The van der Waals surface area contributed by atoms with E-state index in [1.165, 1.54) is 29.3 Å². The van der Waals surface area contributed by atoms with Gasteiger partial charge in [-0.2, -0.15) is 10.2 Å². The number of halogens is 2. The number of fused-ring (bicyclic) bond motifs is 1. The molecule has 0 unspecified atom stereocenters. The van der Waals surface area contributed by atoms with Gasteiger partial charge in [-0.15, -0.1) is 0 Å². The molecule has 0 spiro atoms. The van der Waals surface area contributed by atoms with E-state index in [1.54, 1.807) is 30.5 Å². The molecule has 2 aromatic carbocycles. The SMILES string of the molecule is O=C(NCCN1CCN(C(=O)O)CC1)c1ccc2c(Nc3cnnc(-c4cc(Cl)ccc4F)c3)ccnc2c1. The third kappa shape index (κ3) is 6.21. The Balaban J connectivity index is 1.24. The molecule has 200 valence electrons. The summed E-state index contributed by atoms with van der Waals surface area (Å²) in [6, 6.07) is 13.0. The predicted octanol–water partition coefficient (Wildman–Crippen LogP) is 4.25. The van der Waals surface area contributed by atoms with Gasteiger partial charge in [0, 0.05) is 72.7 Å². The zero-order valence-corrected chi connectivity index (χ0v) is 21.5. The van der Waals surface area contributed by atoms with Crippen molar-refractivity contribution in [2.75, 3.05) is 44.6 Å². The van der Waals surface area contributed by atoms with Crippen molar-refractivity contribution in [2.45, 2.75) is 0 Å². The van der Waals surface area contributed by atoms with Crippen molar-refractivity contribution in [1.29, 1.82) is 0 Å². The number of piperazine rings is 1. The van der Waals surface area contributed by atoms with Gasteiger partial charge < -0.3 is 20.6 Å². The van der Waals surface area contributed by atoms with Gasteiger partial charge in [0.1, 0.15) is 5.82 Å². The summed E-state index contributed by atoms with van der Waals surface area (Å²) in [5, 5.41) is 24.5. The molecule has 0 atom stereocenters. The number of benzene rings is 2. The van der Waals surface area contributed by atoms with Crippen LogP contribution >= 0.6 is 11.6 Å². The van der Waals surface area contributed by atoms with Gasteiger partial charge in [0.25, 0.3) is 5.91 Å². The second-order valence-corrected chi connectivity index (χ2v) is 9.47. The van der Waals surface area contributed by atoms with Crippen LogP contribution in [0.4, 0.5) is 20.6 Å². The molecule has 3 heterocycles. The summed E-state index contributed by atoms with van der Waals surface area (Å²) < 4.78 is 14.3. The Bertz CT molecular complexity index is 1530. The summed E-state index contributed by atoms with van der Waals surface area (Å²) in [6.45, 7) is 3.29. The van der Waals surface area contributed by atoms with Gasteiger partial charge >= 0.3 is 6.09 Å². The first-order chi connectivity index (χ1) is 18.9. The van der Waals surface area contributed by atoms with E-state index in [1.807, 2.05) is 6.07 Å². The first-order valence-corrected chi connectivity index (χ1v) is 12.7. The predicted molar refractivity (Wildman–Crippen MR) is 146 cm³/mol. The summed E-state index contributed by atoms with van der Waals surface area (Å²) in [7, 11) is 0. The number of rotatable bonds is 7. The molecule has 2 aromatic heterocycles. The minimum atomic E-state index is -0.902. The van der Waals surface area contributed by atoms with E-state index in [9.17, 15) is 14.0 Å². The molecule has 3 N–H and O–H groups in total. The van der Waals surface area contributed by atoms with E-state index >= 15 is 0 Å². The lowest BCUT2D eigenvalue weighted by Crippen LogP contribution is -2.49. The number of pyridine rings is 1. The summed E-state index contributed by atoms with van der Waals surface area (Å²) in [6.07, 6.45) is 2.26. The fourth-order valence-corrected chi connectivity index (χ4v) is 4.58. The van der Waals surface area contributed by atoms with Crippen LogP contribution in [-0.2, 0) is 0 Å². The van der Waals surface area contributed by atoms with E-state index < -0.39 is 11.9 Å². The van der Waals surface area contributed by atoms with Crippen LogP contribution < -0.4 is 10.6 Å². The number of hydrogen-bond donors (Lipinski definition) is 3. The number of carbonyl (C=O) groups excluding carboxylic acids is 1. The number of carboxylic acid groups (broad SMARTS) is 1. The van der Waals surface area contributed by atoms with Crippen molar-refractivity contribution in [3.8, 4) is 11.3 Å². The summed E-state index contributed by atoms with van der Waals surface area (Å²) in [5.41, 5.74) is 3.01. The number of amides is 2. The normalized spacial score (nSPS) is 13.8. The standard InChI is InChI=1S/C27H25ClFN7O3/c28-18-2-4-22(29)21(14-18)25-15-19(16-32-34-25)33-23-5-6-30-24-13-17(1-3-20(23)24)26(37)31-7-8-35-9-11-36(12-10-35)27(38)39/h1-6,13-16H,7-12H2,(H,31,37)(H,38,39)(H,30,33,34). The Morgan fingerprint density at radius 1 is 1.05 bits per heavy atom. The van der Waals surface area contributed by atoms with Crippen molar-refractivity contribution >= 4 is 45.9 Å². The first-order valence-electron chi connectivity index (χ1n) is 12.3. The van der Waals surface area contributed by atoms with E-state index in [0.29, 0.717) is 66.8 Å². The van der Waals surface area contributed by atoms with Crippen molar-refractivity contribution in [2.24, 2.45) is 0 Å². The molecule has 0 bridgehead atoms. The Morgan fingerprint density at radius 2 is 1.87 bits per heavy atom. The second kappa shape index (κ2) is 11.6. The average Bonchev–Trinajstić information content (AvgIpc) is 2.94. The Labute approximate surface area is 228 Å². The lowest BCUT2D eigenvalue weighted by atomic mass is 10.1. The van der Waals surface area contributed by atoms with Gasteiger partial charge in [-0.05, 0) is 48.5 Å². The number of aromatic nitrogens is 3. The zero-order valence-electron chi connectivity index (χ0n) is 20.8. The molecular formula is C27H25ClFN7O3. The topological polar surface area (TPSA) is 124 Å². The minimum Gasteiger partial charge on any atom is -0.465 e. The Kier molecular flexibility index (Phi) is 7.80. The third-order valence-electron chi connectivity index (χ3n) is 6.50. The zero-order chi connectivity index (χ0) is 27.4. The molecule has 39 heavy (non-hydrogen) atoms. The smallest absolute Gasteiger partial charge is 0.407 e. The maximum Gasteiger partial charge on any atom is 0.407 e. The van der Waals surface area contributed by atoms with E-state index in [0.717, 1.165) is 11.1 Å². The largest absolute Gasteiger partial charge is 0.465 e. The van der Waals surface area contributed by atoms with Gasteiger partial charge in [-0.25, -0.2) is 9.18 Å².